The lowest BCUT2D eigenvalue weighted by Crippen LogP contribution is -2.38. The first-order valence-electron chi connectivity index (χ1n) is 6.02. The van der Waals surface area contributed by atoms with E-state index < -0.39 is 0 Å². The van der Waals surface area contributed by atoms with Crippen LogP contribution < -0.4 is 4.90 Å². The minimum Gasteiger partial charge on any atom is -0.393 e. The van der Waals surface area contributed by atoms with Gasteiger partial charge in [0.05, 0.1) is 11.7 Å². The highest BCUT2D eigenvalue weighted by Crippen LogP contribution is 2.27. The first-order valence-corrected chi connectivity index (χ1v) is 6.40. The van der Waals surface area contributed by atoms with Crippen LogP contribution in [0.3, 0.4) is 0 Å². The lowest BCUT2D eigenvalue weighted by Gasteiger charge is -2.34. The van der Waals surface area contributed by atoms with Crippen molar-refractivity contribution in [1.82, 2.24) is 9.97 Å². The number of nitrogens with zero attached hydrogens (tertiary/aromatic N) is 3. The first-order chi connectivity index (χ1) is 8.63. The molecule has 1 aromatic rings. The first kappa shape index (κ1) is 13.2. The van der Waals surface area contributed by atoms with E-state index in [0.717, 1.165) is 25.9 Å². The van der Waals surface area contributed by atoms with Gasteiger partial charge in [0.25, 0.3) is 0 Å². The molecular weight excluding hydrogens is 254 g/mol. The van der Waals surface area contributed by atoms with Crippen molar-refractivity contribution in [1.29, 1.82) is 0 Å². The summed E-state index contributed by atoms with van der Waals surface area (Å²) in [6.45, 7) is 3.35. The molecule has 1 saturated heterocycles. The predicted octanol–water partition coefficient (Wildman–Crippen LogP) is 1.54. The van der Waals surface area contributed by atoms with E-state index in [1.165, 1.54) is 6.33 Å². The molecule has 1 atom stereocenters. The van der Waals surface area contributed by atoms with Gasteiger partial charge in [0, 0.05) is 13.1 Å². The fourth-order valence-corrected chi connectivity index (χ4v) is 2.49. The van der Waals surface area contributed by atoms with Crippen molar-refractivity contribution in [2.45, 2.75) is 25.9 Å². The average molecular weight is 270 g/mol. The van der Waals surface area contributed by atoms with Crippen molar-refractivity contribution in [3.05, 3.63) is 17.0 Å². The highest BCUT2D eigenvalue weighted by molar-refractivity contribution is 6.32. The predicted molar refractivity (Wildman–Crippen MR) is 69.0 cm³/mol. The Balaban J connectivity index is 2.15. The van der Waals surface area contributed by atoms with Crippen LogP contribution in [0.15, 0.2) is 6.33 Å². The Labute approximate surface area is 111 Å². The normalized spacial score (nSPS) is 18.7. The van der Waals surface area contributed by atoms with Crippen LogP contribution in [-0.4, -0.2) is 40.6 Å². The molecule has 0 aliphatic carbocycles. The number of aromatic nitrogens is 2. The van der Waals surface area contributed by atoms with Gasteiger partial charge in [-0.25, -0.2) is 9.97 Å². The summed E-state index contributed by atoms with van der Waals surface area (Å²) in [5, 5.41) is 9.75. The Bertz CT molecular complexity index is 431. The quantitative estimate of drug-likeness (QED) is 0.666. The summed E-state index contributed by atoms with van der Waals surface area (Å²) in [4.78, 5) is 21.0. The summed E-state index contributed by atoms with van der Waals surface area (Å²) in [7, 11) is 0. The van der Waals surface area contributed by atoms with Crippen LogP contribution in [0, 0.1) is 5.92 Å². The van der Waals surface area contributed by atoms with Gasteiger partial charge < -0.3 is 10.0 Å². The van der Waals surface area contributed by atoms with Crippen LogP contribution in [-0.2, 0) is 0 Å². The van der Waals surface area contributed by atoms with Gasteiger partial charge in [-0.05, 0) is 25.7 Å². The molecule has 1 fully saturated rings. The largest absolute Gasteiger partial charge is 0.393 e. The molecule has 1 aliphatic heterocycles. The lowest BCUT2D eigenvalue weighted by atomic mass is 9.92. The van der Waals surface area contributed by atoms with Gasteiger partial charge in [-0.1, -0.05) is 11.6 Å². The third kappa shape index (κ3) is 2.62. The van der Waals surface area contributed by atoms with Gasteiger partial charge in [-0.3, -0.25) is 4.79 Å². The second-order valence-corrected chi connectivity index (χ2v) is 4.94. The van der Waals surface area contributed by atoms with E-state index in [9.17, 15) is 9.90 Å². The molecule has 2 heterocycles. The molecule has 98 valence electrons. The number of aliphatic hydroxyl groups excluding tert-OH is 1. The number of anilines is 1. The Morgan fingerprint density at radius 1 is 1.50 bits per heavy atom. The summed E-state index contributed by atoms with van der Waals surface area (Å²) < 4.78 is 0. The maximum Gasteiger partial charge on any atom is 0.156 e. The summed E-state index contributed by atoms with van der Waals surface area (Å²) >= 11 is 5.88. The Kier molecular flexibility index (Phi) is 4.14. The summed E-state index contributed by atoms with van der Waals surface area (Å²) in [6, 6.07) is 0. The molecule has 0 aromatic carbocycles. The van der Waals surface area contributed by atoms with Gasteiger partial charge in [0.2, 0.25) is 0 Å². The average Bonchev–Trinajstić information content (AvgIpc) is 2.38. The monoisotopic (exact) mass is 269 g/mol. The highest BCUT2D eigenvalue weighted by atomic mass is 35.5. The maximum absolute atomic E-state index is 11.0. The van der Waals surface area contributed by atoms with Crippen LogP contribution >= 0.6 is 11.6 Å². The minimum atomic E-state index is -0.285. The number of aldehydes is 1. The fraction of sp³-hybridized carbons (Fsp3) is 0.583. The fourth-order valence-electron chi connectivity index (χ4n) is 2.31. The minimum absolute atomic E-state index is 0.188. The number of aliphatic hydroxyl groups is 1. The van der Waals surface area contributed by atoms with E-state index >= 15 is 0 Å². The molecule has 1 aromatic heterocycles. The maximum atomic E-state index is 11.0. The van der Waals surface area contributed by atoms with Gasteiger partial charge in [0.15, 0.2) is 6.29 Å². The number of carbonyl (C=O) groups excluding carboxylic acids is 1. The molecule has 6 heteroatoms. The molecule has 1 aliphatic rings. The summed E-state index contributed by atoms with van der Waals surface area (Å²) in [5.41, 5.74) is 0.342. The van der Waals surface area contributed by atoms with Gasteiger partial charge in [-0.15, -0.1) is 0 Å². The lowest BCUT2D eigenvalue weighted by molar-refractivity contribution is 0.109. The Morgan fingerprint density at radius 2 is 2.17 bits per heavy atom. The molecule has 0 radical (unpaired) electrons. The highest BCUT2D eigenvalue weighted by Gasteiger charge is 2.25. The van der Waals surface area contributed by atoms with Crippen molar-refractivity contribution in [3.63, 3.8) is 0 Å². The van der Waals surface area contributed by atoms with Crippen LogP contribution in [0.25, 0.3) is 0 Å². The molecule has 0 bridgehead atoms. The second kappa shape index (κ2) is 5.63. The summed E-state index contributed by atoms with van der Waals surface area (Å²) in [5.74, 6) is 0.910. The topological polar surface area (TPSA) is 66.3 Å². The second-order valence-electron chi connectivity index (χ2n) is 4.58. The van der Waals surface area contributed by atoms with E-state index in [4.69, 9.17) is 11.6 Å². The molecule has 2 rings (SSSR count). The van der Waals surface area contributed by atoms with E-state index in [2.05, 4.69) is 9.97 Å². The third-order valence-electron chi connectivity index (χ3n) is 3.45. The molecule has 0 amide bonds. The number of hydrogen-bond donors (Lipinski definition) is 1. The standard InChI is InChI=1S/C12H16ClN3O2/c1-8(18)9-2-4-16(5-3-9)12-10(6-17)11(13)14-7-15-12/h6-9,18H,2-5H2,1H3. The number of rotatable bonds is 3. The smallest absolute Gasteiger partial charge is 0.156 e. The van der Waals surface area contributed by atoms with Gasteiger partial charge in [-0.2, -0.15) is 0 Å². The molecule has 18 heavy (non-hydrogen) atoms. The van der Waals surface area contributed by atoms with E-state index in [1.807, 2.05) is 11.8 Å². The van der Waals surface area contributed by atoms with Crippen molar-refractivity contribution < 1.29 is 9.90 Å². The molecular formula is C12H16ClN3O2. The Hall–Kier alpha value is -1.20. The zero-order valence-corrected chi connectivity index (χ0v) is 11.0. The van der Waals surface area contributed by atoms with E-state index in [1.54, 1.807) is 0 Å². The van der Waals surface area contributed by atoms with Crippen molar-refractivity contribution >= 4 is 23.7 Å². The van der Waals surface area contributed by atoms with E-state index in [0.29, 0.717) is 23.6 Å². The van der Waals surface area contributed by atoms with Crippen LogP contribution in [0.1, 0.15) is 30.1 Å². The van der Waals surface area contributed by atoms with E-state index in [-0.39, 0.29) is 11.3 Å². The van der Waals surface area contributed by atoms with Gasteiger partial charge in [0.1, 0.15) is 17.3 Å². The SMILES string of the molecule is CC(O)C1CCN(c2ncnc(Cl)c2C=O)CC1. The zero-order chi connectivity index (χ0) is 13.1. The molecule has 0 spiro atoms. The third-order valence-corrected chi connectivity index (χ3v) is 3.75. The molecule has 1 unspecified atom stereocenters. The molecule has 5 nitrogen and oxygen atoms in total. The van der Waals surface area contributed by atoms with Crippen molar-refractivity contribution in [2.24, 2.45) is 5.92 Å². The van der Waals surface area contributed by atoms with Gasteiger partial charge >= 0.3 is 0 Å². The van der Waals surface area contributed by atoms with Crippen LogP contribution in [0.4, 0.5) is 5.82 Å². The number of carbonyl (C=O) groups is 1. The Morgan fingerprint density at radius 3 is 2.72 bits per heavy atom. The number of piperidine rings is 1. The van der Waals surface area contributed by atoms with Crippen LogP contribution in [0.5, 0.6) is 0 Å². The van der Waals surface area contributed by atoms with Crippen molar-refractivity contribution in [2.75, 3.05) is 18.0 Å². The van der Waals surface area contributed by atoms with Crippen LogP contribution in [0.2, 0.25) is 5.15 Å². The zero-order valence-electron chi connectivity index (χ0n) is 10.2. The summed E-state index contributed by atoms with van der Waals surface area (Å²) in [6.07, 6.45) is 3.55. The number of hydrogen-bond acceptors (Lipinski definition) is 5. The molecule has 1 N–H and O–H groups in total. The van der Waals surface area contributed by atoms with Crippen molar-refractivity contribution in [3.8, 4) is 0 Å². The molecule has 0 saturated carbocycles. The number of halogens is 1.